The van der Waals surface area contributed by atoms with Gasteiger partial charge >= 0.3 is 0 Å². The molecule has 1 amide bonds. The van der Waals surface area contributed by atoms with E-state index in [2.05, 4.69) is 5.32 Å². The zero-order valence-corrected chi connectivity index (χ0v) is 10.6. The Bertz CT molecular complexity index is 496. The summed E-state index contributed by atoms with van der Waals surface area (Å²) in [5, 5.41) is 13.4. The molecule has 19 heavy (non-hydrogen) atoms. The van der Waals surface area contributed by atoms with Crippen LogP contribution in [0.4, 0.5) is 5.69 Å². The maximum atomic E-state index is 12.0. The molecule has 1 aromatic rings. The third-order valence-electron chi connectivity index (χ3n) is 3.52. The normalized spacial score (nSPS) is 17.1. The van der Waals surface area contributed by atoms with E-state index in [-0.39, 0.29) is 18.1 Å². The fraction of sp³-hybridized carbons (Fsp3) is 0.462. The first-order chi connectivity index (χ1) is 9.01. The Balaban J connectivity index is 1.97. The largest absolute Gasteiger partial charge is 0.350 e. The van der Waals surface area contributed by atoms with Crippen molar-refractivity contribution in [3.63, 3.8) is 0 Å². The highest BCUT2D eigenvalue weighted by Gasteiger charge is 2.36. The van der Waals surface area contributed by atoms with Gasteiger partial charge in [-0.1, -0.05) is 25.0 Å². The topological polar surface area (TPSA) is 98.3 Å². The van der Waals surface area contributed by atoms with Gasteiger partial charge in [0.1, 0.15) is 0 Å². The molecule has 3 N–H and O–H groups in total. The monoisotopic (exact) mass is 263 g/mol. The number of nitrogens with one attached hydrogen (secondary N) is 1. The average Bonchev–Trinajstić information content (AvgIpc) is 2.84. The second-order valence-corrected chi connectivity index (χ2v) is 4.97. The number of hydrogen-bond acceptors (Lipinski definition) is 4. The molecule has 102 valence electrons. The van der Waals surface area contributed by atoms with E-state index in [9.17, 15) is 14.9 Å². The molecule has 1 aliphatic rings. The van der Waals surface area contributed by atoms with Crippen LogP contribution in [0.25, 0.3) is 0 Å². The van der Waals surface area contributed by atoms with Gasteiger partial charge < -0.3 is 11.1 Å². The smallest absolute Gasteiger partial charge is 0.269 e. The molecule has 0 bridgehead atoms. The lowest BCUT2D eigenvalue weighted by Gasteiger charge is -2.22. The van der Waals surface area contributed by atoms with Crippen LogP contribution in [-0.4, -0.2) is 16.4 Å². The highest BCUT2D eigenvalue weighted by atomic mass is 16.6. The Labute approximate surface area is 111 Å². The second-order valence-electron chi connectivity index (χ2n) is 4.97. The number of nitro groups is 1. The molecule has 1 aliphatic carbocycles. The molecule has 0 aliphatic heterocycles. The molecular weight excluding hydrogens is 246 g/mol. The van der Waals surface area contributed by atoms with E-state index >= 15 is 0 Å². The third-order valence-corrected chi connectivity index (χ3v) is 3.52. The highest BCUT2D eigenvalue weighted by Crippen LogP contribution is 2.27. The molecule has 0 heterocycles. The molecular formula is C13H17N3O3. The van der Waals surface area contributed by atoms with Crippen molar-refractivity contribution in [3.8, 4) is 0 Å². The van der Waals surface area contributed by atoms with Gasteiger partial charge in [-0.3, -0.25) is 14.9 Å². The highest BCUT2D eigenvalue weighted by molar-refractivity contribution is 5.86. The van der Waals surface area contributed by atoms with Crippen LogP contribution in [0.2, 0.25) is 0 Å². The molecule has 2 rings (SSSR count). The van der Waals surface area contributed by atoms with Crippen molar-refractivity contribution in [2.45, 2.75) is 37.8 Å². The van der Waals surface area contributed by atoms with Gasteiger partial charge in [0.05, 0.1) is 10.5 Å². The van der Waals surface area contributed by atoms with Crippen LogP contribution in [-0.2, 0) is 11.3 Å². The summed E-state index contributed by atoms with van der Waals surface area (Å²) in [6, 6.07) is 6.23. The van der Waals surface area contributed by atoms with Crippen molar-refractivity contribution in [3.05, 3.63) is 39.9 Å². The van der Waals surface area contributed by atoms with Crippen LogP contribution >= 0.6 is 0 Å². The van der Waals surface area contributed by atoms with Gasteiger partial charge in [-0.15, -0.1) is 0 Å². The lowest BCUT2D eigenvalue weighted by molar-refractivity contribution is -0.384. The Morgan fingerprint density at radius 2 is 2.11 bits per heavy atom. The zero-order chi connectivity index (χ0) is 13.9. The molecule has 0 spiro atoms. The fourth-order valence-corrected chi connectivity index (χ4v) is 2.37. The maximum Gasteiger partial charge on any atom is 0.269 e. The quantitative estimate of drug-likeness (QED) is 0.635. The molecule has 6 nitrogen and oxygen atoms in total. The average molecular weight is 263 g/mol. The van der Waals surface area contributed by atoms with E-state index in [0.717, 1.165) is 12.8 Å². The van der Waals surface area contributed by atoms with E-state index < -0.39 is 10.5 Å². The number of non-ortho nitro benzene ring substituents is 1. The van der Waals surface area contributed by atoms with Gasteiger partial charge in [-0.2, -0.15) is 0 Å². The van der Waals surface area contributed by atoms with E-state index in [4.69, 9.17) is 5.73 Å². The molecule has 0 aromatic heterocycles. The summed E-state index contributed by atoms with van der Waals surface area (Å²) in [5.74, 6) is -0.170. The van der Waals surface area contributed by atoms with Crippen LogP contribution < -0.4 is 11.1 Å². The van der Waals surface area contributed by atoms with E-state index in [0.29, 0.717) is 18.4 Å². The van der Waals surface area contributed by atoms with Gasteiger partial charge in [-0.05, 0) is 18.4 Å². The summed E-state index contributed by atoms with van der Waals surface area (Å²) in [4.78, 5) is 22.2. The number of nitrogens with zero attached hydrogens (tertiary/aromatic N) is 1. The Morgan fingerprint density at radius 1 is 1.42 bits per heavy atom. The molecule has 0 radical (unpaired) electrons. The maximum absolute atomic E-state index is 12.0. The zero-order valence-electron chi connectivity index (χ0n) is 10.6. The molecule has 0 atom stereocenters. The first-order valence-electron chi connectivity index (χ1n) is 6.32. The third kappa shape index (κ3) is 3.08. The summed E-state index contributed by atoms with van der Waals surface area (Å²) in [5.41, 5.74) is 5.98. The standard InChI is InChI=1S/C13H17N3O3/c14-13(6-1-2-7-13)12(17)15-9-10-4-3-5-11(8-10)16(18)19/h3-5,8H,1-2,6-7,9,14H2,(H,15,17). The predicted molar refractivity (Wildman–Crippen MR) is 70.3 cm³/mol. The number of carbonyl (C=O) groups is 1. The van der Waals surface area contributed by atoms with E-state index in [1.807, 2.05) is 0 Å². The SMILES string of the molecule is NC1(C(=O)NCc2cccc([N+](=O)[O-])c2)CCCC1. The number of rotatable bonds is 4. The van der Waals surface area contributed by atoms with Gasteiger partial charge in [0, 0.05) is 18.7 Å². The lowest BCUT2D eigenvalue weighted by Crippen LogP contribution is -2.51. The summed E-state index contributed by atoms with van der Waals surface area (Å²) < 4.78 is 0. The van der Waals surface area contributed by atoms with Crippen LogP contribution in [0.15, 0.2) is 24.3 Å². The summed E-state index contributed by atoms with van der Waals surface area (Å²) in [6.45, 7) is 0.263. The predicted octanol–water partition coefficient (Wildman–Crippen LogP) is 1.48. The number of carbonyl (C=O) groups excluding carboxylic acids is 1. The van der Waals surface area contributed by atoms with Gasteiger partial charge in [0.25, 0.3) is 5.69 Å². The van der Waals surface area contributed by atoms with Crippen LogP contribution in [0.3, 0.4) is 0 Å². The number of amides is 1. The number of nitrogens with two attached hydrogens (primary N) is 1. The van der Waals surface area contributed by atoms with Gasteiger partial charge in [-0.25, -0.2) is 0 Å². The van der Waals surface area contributed by atoms with Crippen LogP contribution in [0, 0.1) is 10.1 Å². The van der Waals surface area contributed by atoms with Crippen molar-refractivity contribution < 1.29 is 9.72 Å². The summed E-state index contributed by atoms with van der Waals surface area (Å²) >= 11 is 0. The van der Waals surface area contributed by atoms with Crippen molar-refractivity contribution >= 4 is 11.6 Å². The lowest BCUT2D eigenvalue weighted by atomic mass is 9.98. The van der Waals surface area contributed by atoms with Crippen molar-refractivity contribution in [1.82, 2.24) is 5.32 Å². The van der Waals surface area contributed by atoms with Crippen molar-refractivity contribution in [2.24, 2.45) is 5.73 Å². The number of hydrogen-bond donors (Lipinski definition) is 2. The summed E-state index contributed by atoms with van der Waals surface area (Å²) in [7, 11) is 0. The van der Waals surface area contributed by atoms with E-state index in [1.54, 1.807) is 12.1 Å². The minimum absolute atomic E-state index is 0.0232. The minimum Gasteiger partial charge on any atom is -0.350 e. The molecule has 0 unspecified atom stereocenters. The fourth-order valence-electron chi connectivity index (χ4n) is 2.37. The molecule has 0 saturated heterocycles. The molecule has 1 aromatic carbocycles. The second kappa shape index (κ2) is 5.36. The van der Waals surface area contributed by atoms with Crippen molar-refractivity contribution in [2.75, 3.05) is 0 Å². The number of nitro benzene ring substituents is 1. The Morgan fingerprint density at radius 3 is 2.74 bits per heavy atom. The minimum atomic E-state index is -0.763. The van der Waals surface area contributed by atoms with Crippen molar-refractivity contribution in [1.29, 1.82) is 0 Å². The Kier molecular flexibility index (Phi) is 3.80. The summed E-state index contributed by atoms with van der Waals surface area (Å²) in [6.07, 6.45) is 3.35. The molecule has 1 fully saturated rings. The Hall–Kier alpha value is -1.95. The first kappa shape index (κ1) is 13.5. The first-order valence-corrected chi connectivity index (χ1v) is 6.32. The molecule has 1 saturated carbocycles. The van der Waals surface area contributed by atoms with Gasteiger partial charge in [0.15, 0.2) is 0 Å². The van der Waals surface area contributed by atoms with E-state index in [1.165, 1.54) is 12.1 Å². The molecule has 6 heteroatoms. The van der Waals surface area contributed by atoms with Gasteiger partial charge in [0.2, 0.25) is 5.91 Å². The number of benzene rings is 1. The van der Waals surface area contributed by atoms with Crippen LogP contribution in [0.1, 0.15) is 31.2 Å². The van der Waals surface area contributed by atoms with Crippen LogP contribution in [0.5, 0.6) is 0 Å².